The SMILES string of the molecule is CC(C)CCN.CC(C)CCNC(=O)C1(C(=O)O)CCCC1.COC(=O)C1(C(=O)NCCC(C)C)CCCC1.COC(=O)C1(C(=O)O)CCCC1.COC(=O)C1(C(=O)OC)CCCC1.[Li+].[Li+].[OH-].[OH-]. The molecule has 8 N–H and O–H groups in total. The molecule has 0 aromatic rings. The van der Waals surface area contributed by atoms with Crippen molar-refractivity contribution in [3.8, 4) is 0 Å². The van der Waals surface area contributed by atoms with Crippen LogP contribution in [0.2, 0.25) is 0 Å². The minimum atomic E-state index is -1.24. The molecule has 4 aliphatic carbocycles. The average molecular weight is 962 g/mol. The van der Waals surface area contributed by atoms with Crippen LogP contribution in [0.15, 0.2) is 0 Å². The van der Waals surface area contributed by atoms with E-state index in [1.54, 1.807) is 0 Å². The van der Waals surface area contributed by atoms with Crippen molar-refractivity contribution >= 4 is 47.6 Å². The molecule has 0 radical (unpaired) electrons. The first-order valence-electron chi connectivity index (χ1n) is 23.2. The number of rotatable bonds is 16. The quantitative estimate of drug-likeness (QED) is 0.0589. The number of carbonyl (C=O) groups excluding carboxylic acids is 6. The first kappa shape index (κ1) is 73.8. The third-order valence-electron chi connectivity index (χ3n) is 12.6. The maximum atomic E-state index is 12.1. The molecule has 21 heteroatoms. The Morgan fingerprint density at radius 2 is 0.676 bits per heavy atom. The Kier molecular flexibility index (Phi) is 40.8. The number of hydrogen-bond acceptors (Lipinski definition) is 15. The topological polar surface area (TPSA) is 324 Å². The molecule has 0 bridgehead atoms. The molecule has 4 fully saturated rings. The zero-order valence-corrected chi connectivity index (χ0v) is 43.6. The van der Waals surface area contributed by atoms with Crippen LogP contribution in [0.1, 0.15) is 164 Å². The molecule has 0 unspecified atom stereocenters. The van der Waals surface area contributed by atoms with Gasteiger partial charge in [-0.2, -0.15) is 0 Å². The van der Waals surface area contributed by atoms with Gasteiger partial charge in [0.1, 0.15) is 10.8 Å². The van der Waals surface area contributed by atoms with Crippen molar-refractivity contribution in [3.05, 3.63) is 0 Å². The Balaban J connectivity index is -0.000000246. The van der Waals surface area contributed by atoms with Gasteiger partial charge in [-0.1, -0.05) is 92.9 Å². The fourth-order valence-electron chi connectivity index (χ4n) is 8.37. The van der Waals surface area contributed by atoms with Gasteiger partial charge in [-0.05, 0) is 94.9 Å². The van der Waals surface area contributed by atoms with Crippen LogP contribution in [0.25, 0.3) is 0 Å². The van der Waals surface area contributed by atoms with Crippen molar-refractivity contribution in [1.29, 1.82) is 0 Å². The number of carboxylic acids is 2. The molecule has 4 aliphatic rings. The predicted molar refractivity (Wildman–Crippen MR) is 244 cm³/mol. The maximum Gasteiger partial charge on any atom is 1.00 e. The Hall–Kier alpha value is -3.17. The molecule has 0 aliphatic heterocycles. The fourth-order valence-corrected chi connectivity index (χ4v) is 8.37. The Morgan fingerprint density at radius 1 is 0.441 bits per heavy atom. The van der Waals surface area contributed by atoms with Gasteiger partial charge in [0.05, 0.1) is 28.4 Å². The number of esters is 4. The van der Waals surface area contributed by atoms with Gasteiger partial charge in [0.15, 0.2) is 10.8 Å². The van der Waals surface area contributed by atoms with Crippen LogP contribution in [-0.4, -0.2) is 117 Å². The van der Waals surface area contributed by atoms with Gasteiger partial charge in [0.2, 0.25) is 11.8 Å². The van der Waals surface area contributed by atoms with Crippen LogP contribution in [0, 0.1) is 39.4 Å². The van der Waals surface area contributed by atoms with E-state index < -0.39 is 51.5 Å². The van der Waals surface area contributed by atoms with Crippen molar-refractivity contribution in [2.24, 2.45) is 45.1 Å². The van der Waals surface area contributed by atoms with Crippen LogP contribution in [-0.2, 0) is 57.3 Å². The fraction of sp³-hybridized carbons (Fsp3) is 0.830. The summed E-state index contributed by atoms with van der Waals surface area (Å²) in [5.41, 5.74) is 0.925. The molecule has 0 aromatic carbocycles. The molecule has 4 rings (SSSR count). The molecule has 4 saturated carbocycles. The molecule has 19 nitrogen and oxygen atoms in total. The molecular weight excluding hydrogens is 876 g/mol. The van der Waals surface area contributed by atoms with Crippen LogP contribution in [0.5, 0.6) is 0 Å². The Bertz CT molecular complexity index is 1470. The van der Waals surface area contributed by atoms with Gasteiger partial charge in [-0.25, -0.2) is 0 Å². The summed E-state index contributed by atoms with van der Waals surface area (Å²) in [7, 11) is 5.17. The van der Waals surface area contributed by atoms with Gasteiger partial charge in [-0.15, -0.1) is 0 Å². The number of nitrogens with one attached hydrogen (secondary N) is 2. The van der Waals surface area contributed by atoms with Gasteiger partial charge >= 0.3 is 73.5 Å². The van der Waals surface area contributed by atoms with E-state index in [9.17, 15) is 43.5 Å². The van der Waals surface area contributed by atoms with Crippen molar-refractivity contribution in [2.45, 2.75) is 164 Å². The largest absolute Gasteiger partial charge is 1.00 e. The zero-order chi connectivity index (χ0) is 49.1. The van der Waals surface area contributed by atoms with E-state index in [-0.39, 0.29) is 66.5 Å². The van der Waals surface area contributed by atoms with Crippen LogP contribution in [0.3, 0.4) is 0 Å². The van der Waals surface area contributed by atoms with E-state index in [0.29, 0.717) is 76.3 Å². The molecule has 0 saturated heterocycles. The summed E-state index contributed by atoms with van der Waals surface area (Å²) >= 11 is 0. The number of amides is 2. The van der Waals surface area contributed by atoms with Crippen molar-refractivity contribution in [1.82, 2.24) is 10.6 Å². The van der Waals surface area contributed by atoms with Crippen molar-refractivity contribution in [2.75, 3.05) is 48.1 Å². The van der Waals surface area contributed by atoms with Crippen molar-refractivity contribution < 1.29 is 116 Å². The van der Waals surface area contributed by atoms with E-state index in [1.807, 2.05) is 0 Å². The Labute approximate surface area is 429 Å². The van der Waals surface area contributed by atoms with Crippen LogP contribution < -0.4 is 54.1 Å². The number of methoxy groups -OCH3 is 4. The number of carboxylic acid groups (broad SMARTS) is 2. The smallest absolute Gasteiger partial charge is 0.870 e. The second kappa shape index (κ2) is 37.6. The molecule has 2 amide bonds. The molecule has 0 aromatic heterocycles. The van der Waals surface area contributed by atoms with Gasteiger partial charge in [0, 0.05) is 13.1 Å². The van der Waals surface area contributed by atoms with E-state index in [0.717, 1.165) is 83.1 Å². The van der Waals surface area contributed by atoms with Gasteiger partial charge < -0.3 is 56.5 Å². The predicted octanol–water partition coefficient (Wildman–Crippen LogP) is 0.0186. The van der Waals surface area contributed by atoms with Gasteiger partial charge in [-0.3, -0.25) is 38.4 Å². The molecule has 0 heterocycles. The van der Waals surface area contributed by atoms with Crippen LogP contribution >= 0.6 is 0 Å². The second-order valence-corrected chi connectivity index (χ2v) is 18.6. The standard InChI is InChI=1S/C13H23NO3.C12H21NO3.C9H14O4.C8H12O4.C5H13N.2Li.2H2O/c1-10(2)6-9-14-11(15)13(12(16)17-3)7-4-5-8-13;1-9(2)5-8-13-10(14)12(11(15)16)6-3-4-7-12;1-12-7(10)9(8(11)13-2)5-3-4-6-9;1-12-7(11)8(6(9)10)4-2-3-5-8;1-5(2)3-4-6;;;;/h10H,4-9H2,1-3H3,(H,14,15);9H,3-8H2,1-2H3,(H,13,14)(H,15,16);3-6H2,1-2H3;2-5H2,1H3,(H,9,10);5H,3-4,6H2,1-2H3;;;2*1H2/q;;;;;2*+1;;/p-2. The van der Waals surface area contributed by atoms with Crippen LogP contribution in [0.4, 0.5) is 0 Å². The van der Waals surface area contributed by atoms with Crippen molar-refractivity contribution in [3.63, 3.8) is 0 Å². The number of nitrogens with two attached hydrogens (primary N) is 1. The third kappa shape index (κ3) is 22.3. The first-order valence-corrected chi connectivity index (χ1v) is 23.2. The summed E-state index contributed by atoms with van der Waals surface area (Å²) in [6.07, 6.45) is 14.0. The molecule has 68 heavy (non-hydrogen) atoms. The minimum Gasteiger partial charge on any atom is -0.870 e. The summed E-state index contributed by atoms with van der Waals surface area (Å²) in [5, 5.41) is 23.7. The normalized spacial score (nSPS) is 17.1. The number of aliphatic carboxylic acids is 2. The number of ether oxygens (including phenoxy) is 4. The monoisotopic (exact) mass is 962 g/mol. The summed E-state index contributed by atoms with van der Waals surface area (Å²) in [5.74, 6) is -2.52. The second-order valence-electron chi connectivity index (χ2n) is 18.6. The third-order valence-corrected chi connectivity index (χ3v) is 12.6. The molecule has 0 spiro atoms. The zero-order valence-electron chi connectivity index (χ0n) is 43.6. The van der Waals surface area contributed by atoms with E-state index in [2.05, 4.69) is 66.4 Å². The number of hydrogen-bond donors (Lipinski definition) is 5. The summed E-state index contributed by atoms with van der Waals surface area (Å²) < 4.78 is 18.5. The minimum absolute atomic E-state index is 0. The summed E-state index contributed by atoms with van der Waals surface area (Å²) in [4.78, 5) is 91.9. The maximum absolute atomic E-state index is 12.1. The molecular formula is C47H85Li2N3O16. The van der Waals surface area contributed by atoms with E-state index in [4.69, 9.17) is 15.6 Å². The summed E-state index contributed by atoms with van der Waals surface area (Å²) in [6.45, 7) is 14.8. The summed E-state index contributed by atoms with van der Waals surface area (Å²) in [6, 6.07) is 0. The number of carbonyl (C=O) groups is 8. The Morgan fingerprint density at radius 3 is 0.926 bits per heavy atom. The first-order chi connectivity index (χ1) is 30.1. The van der Waals surface area contributed by atoms with Gasteiger partial charge in [0.25, 0.3) is 0 Å². The molecule has 386 valence electrons. The van der Waals surface area contributed by atoms with E-state index in [1.165, 1.54) is 28.4 Å². The van der Waals surface area contributed by atoms with E-state index >= 15 is 0 Å². The average Bonchev–Trinajstić information content (AvgIpc) is 4.11. The molecule has 0 atom stereocenters.